The van der Waals surface area contributed by atoms with Crippen molar-refractivity contribution in [1.29, 1.82) is 0 Å². The highest BCUT2D eigenvalue weighted by atomic mass is 127. The molecule has 48 heavy (non-hydrogen) atoms. The van der Waals surface area contributed by atoms with Crippen molar-refractivity contribution in [2.24, 2.45) is 0 Å². The second-order valence-electron chi connectivity index (χ2n) is 11.5. The summed E-state index contributed by atoms with van der Waals surface area (Å²) < 4.78 is 34.5. The van der Waals surface area contributed by atoms with Gasteiger partial charge in [0.1, 0.15) is 29.0 Å². The van der Waals surface area contributed by atoms with Crippen LogP contribution in [0.15, 0.2) is 92.0 Å². The van der Waals surface area contributed by atoms with Crippen molar-refractivity contribution in [3.8, 4) is 5.69 Å². The van der Waals surface area contributed by atoms with Crippen molar-refractivity contribution in [3.05, 3.63) is 119 Å². The molecule has 2 aliphatic rings. The Hall–Kier alpha value is -5.06. The normalized spacial score (nSPS) is 17.7. The van der Waals surface area contributed by atoms with Gasteiger partial charge in [0, 0.05) is 50.3 Å². The summed E-state index contributed by atoms with van der Waals surface area (Å²) >= 11 is 2.22. The molecule has 7 aromatic heterocycles. The Morgan fingerprint density at radius 3 is 1.81 bits per heavy atom. The Balaban J connectivity index is 0.000000142. The summed E-state index contributed by atoms with van der Waals surface area (Å²) in [6, 6.07) is 11.7. The van der Waals surface area contributed by atoms with Crippen LogP contribution in [-0.4, -0.2) is 62.0 Å². The Morgan fingerprint density at radius 1 is 0.646 bits per heavy atom. The molecule has 0 saturated carbocycles. The summed E-state index contributed by atoms with van der Waals surface area (Å²) in [7, 11) is 0. The maximum absolute atomic E-state index is 14.2. The van der Waals surface area contributed by atoms with Crippen molar-refractivity contribution in [3.63, 3.8) is 0 Å². The molecule has 2 atom stereocenters. The van der Waals surface area contributed by atoms with Crippen molar-refractivity contribution >= 4 is 45.5 Å². The lowest BCUT2D eigenvalue weighted by molar-refractivity contribution is 0.562. The molecule has 15 heteroatoms. The van der Waals surface area contributed by atoms with Crippen LogP contribution in [0.4, 0.5) is 20.4 Å². The fourth-order valence-electron chi connectivity index (χ4n) is 6.51. The topological polar surface area (TPSA) is 110 Å². The number of hydrogen-bond donors (Lipinski definition) is 0. The molecule has 2 aliphatic heterocycles. The largest absolute Gasteiger partial charge is 0.348 e. The van der Waals surface area contributed by atoms with E-state index in [0.717, 1.165) is 65.3 Å². The van der Waals surface area contributed by atoms with E-state index in [-0.39, 0.29) is 23.7 Å². The number of hydrogen-bond acceptors (Lipinski definition) is 9. The first kappa shape index (κ1) is 30.3. The Morgan fingerprint density at radius 2 is 1.23 bits per heavy atom. The summed E-state index contributed by atoms with van der Waals surface area (Å²) in [5, 5.41) is 12.8. The highest BCUT2D eigenvalue weighted by molar-refractivity contribution is 14.1. The average Bonchev–Trinajstić information content (AvgIpc) is 3.96. The number of fused-ring (bicyclic) bond motifs is 2. The van der Waals surface area contributed by atoms with E-state index >= 15 is 0 Å². The Labute approximate surface area is 287 Å². The molecule has 9 heterocycles. The minimum atomic E-state index is -0.271. The quantitative estimate of drug-likeness (QED) is 0.195. The molecule has 0 spiro atoms. The average molecular weight is 759 g/mol. The molecule has 0 aliphatic carbocycles. The van der Waals surface area contributed by atoms with E-state index in [9.17, 15) is 8.78 Å². The van der Waals surface area contributed by atoms with E-state index in [1.807, 2.05) is 36.8 Å². The summed E-state index contributed by atoms with van der Waals surface area (Å²) in [6.45, 7) is 1.67. The summed E-state index contributed by atoms with van der Waals surface area (Å²) in [5.41, 5.74) is 3.32. The summed E-state index contributed by atoms with van der Waals surface area (Å²) in [6.07, 6.45) is 17.8. The third-order valence-electron chi connectivity index (χ3n) is 8.70. The van der Waals surface area contributed by atoms with Gasteiger partial charge in [0.15, 0.2) is 11.3 Å². The zero-order valence-electron chi connectivity index (χ0n) is 25.6. The molecule has 7 aromatic rings. The standard InChI is InChI=1S/C18H16FN7.C15H13FIN5/c19-13-4-1-7-20-17(13)14-5-2-9-24(14)16-6-11-26-18(23-16)15(12-22-26)25-10-3-8-21-25;16-10-3-1-6-18-14(10)12-4-2-7-21(12)13-5-8-22-15(20-13)11(17)9-19-22/h1,3-4,6-8,10-12,14H,2,5,9H2;1,3,5-6,8-9,12H,2,4,7H2/t14-;12-/m11/s1. The van der Waals surface area contributed by atoms with Crippen LogP contribution in [0.1, 0.15) is 49.2 Å². The molecule has 2 saturated heterocycles. The Kier molecular flexibility index (Phi) is 8.11. The highest BCUT2D eigenvalue weighted by Gasteiger charge is 2.32. The van der Waals surface area contributed by atoms with Gasteiger partial charge < -0.3 is 9.80 Å². The fourth-order valence-corrected chi connectivity index (χ4v) is 7.00. The number of pyridine rings is 2. The van der Waals surface area contributed by atoms with Gasteiger partial charge >= 0.3 is 0 Å². The maximum Gasteiger partial charge on any atom is 0.183 e. The number of nitrogens with zero attached hydrogens (tertiary/aromatic N) is 12. The smallest absolute Gasteiger partial charge is 0.183 e. The van der Waals surface area contributed by atoms with Gasteiger partial charge in [0.05, 0.1) is 39.4 Å². The number of anilines is 2. The molecule has 2 fully saturated rings. The van der Waals surface area contributed by atoms with E-state index in [2.05, 4.69) is 57.7 Å². The fraction of sp³-hybridized carbons (Fsp3) is 0.242. The van der Waals surface area contributed by atoms with E-state index in [1.54, 1.807) is 56.8 Å². The summed E-state index contributed by atoms with van der Waals surface area (Å²) in [4.78, 5) is 22.2. The van der Waals surface area contributed by atoms with E-state index in [1.165, 1.54) is 12.1 Å². The summed E-state index contributed by atoms with van der Waals surface area (Å²) in [5.74, 6) is 1.11. The van der Waals surface area contributed by atoms with Crippen LogP contribution in [0.3, 0.4) is 0 Å². The van der Waals surface area contributed by atoms with Gasteiger partial charge in [-0.05, 0) is 90.7 Å². The van der Waals surface area contributed by atoms with E-state index < -0.39 is 0 Å². The second kappa shape index (κ2) is 12.9. The van der Waals surface area contributed by atoms with E-state index in [4.69, 9.17) is 9.97 Å². The first-order valence-corrected chi connectivity index (χ1v) is 16.7. The molecule has 0 radical (unpaired) electrons. The van der Waals surface area contributed by atoms with Gasteiger partial charge in [-0.15, -0.1) is 0 Å². The van der Waals surface area contributed by atoms with Crippen LogP contribution in [0.2, 0.25) is 0 Å². The zero-order valence-corrected chi connectivity index (χ0v) is 27.7. The molecule has 0 N–H and O–H groups in total. The van der Waals surface area contributed by atoms with Gasteiger partial charge in [-0.3, -0.25) is 9.97 Å². The molecule has 242 valence electrons. The van der Waals surface area contributed by atoms with Crippen LogP contribution in [-0.2, 0) is 0 Å². The van der Waals surface area contributed by atoms with Crippen LogP contribution in [0.5, 0.6) is 0 Å². The molecule has 9 rings (SSSR count). The monoisotopic (exact) mass is 758 g/mol. The molecule has 0 aromatic carbocycles. The Bertz CT molecular complexity index is 2200. The zero-order chi connectivity index (χ0) is 32.6. The lowest BCUT2D eigenvalue weighted by atomic mass is 10.1. The van der Waals surface area contributed by atoms with Gasteiger partial charge in [0.2, 0.25) is 0 Å². The van der Waals surface area contributed by atoms with Crippen LogP contribution in [0.25, 0.3) is 17.0 Å². The van der Waals surface area contributed by atoms with Crippen molar-refractivity contribution in [1.82, 2.24) is 48.9 Å². The minimum absolute atomic E-state index is 0.0586. The first-order chi connectivity index (χ1) is 23.5. The predicted octanol–water partition coefficient (Wildman–Crippen LogP) is 6.00. The lowest BCUT2D eigenvalue weighted by Crippen LogP contribution is -2.25. The molecule has 0 bridgehead atoms. The molecule has 0 unspecified atom stereocenters. The molecular weight excluding hydrogens is 729 g/mol. The lowest BCUT2D eigenvalue weighted by Gasteiger charge is -2.25. The third kappa shape index (κ3) is 5.61. The van der Waals surface area contributed by atoms with Gasteiger partial charge in [-0.25, -0.2) is 32.5 Å². The third-order valence-corrected chi connectivity index (χ3v) is 9.46. The van der Waals surface area contributed by atoms with Crippen molar-refractivity contribution in [2.75, 3.05) is 22.9 Å². The van der Waals surface area contributed by atoms with Gasteiger partial charge in [-0.1, -0.05) is 0 Å². The first-order valence-electron chi connectivity index (χ1n) is 15.6. The molecule has 0 amide bonds. The molecule has 12 nitrogen and oxygen atoms in total. The maximum atomic E-state index is 14.2. The van der Waals surface area contributed by atoms with Crippen LogP contribution >= 0.6 is 22.6 Å². The predicted molar refractivity (Wildman–Crippen MR) is 183 cm³/mol. The van der Waals surface area contributed by atoms with Crippen LogP contribution in [0, 0.1) is 15.2 Å². The molecular formula is C33H29F2IN12. The van der Waals surface area contributed by atoms with Crippen LogP contribution < -0.4 is 9.80 Å². The van der Waals surface area contributed by atoms with Gasteiger partial charge in [-0.2, -0.15) is 15.3 Å². The number of rotatable bonds is 5. The second-order valence-corrected chi connectivity index (χ2v) is 12.7. The van der Waals surface area contributed by atoms with E-state index in [0.29, 0.717) is 17.0 Å². The van der Waals surface area contributed by atoms with Crippen molar-refractivity contribution in [2.45, 2.75) is 37.8 Å². The minimum Gasteiger partial charge on any atom is -0.348 e. The number of aromatic nitrogens is 10. The van der Waals surface area contributed by atoms with Gasteiger partial charge in [0.25, 0.3) is 0 Å². The highest BCUT2D eigenvalue weighted by Crippen LogP contribution is 2.37. The van der Waals surface area contributed by atoms with Crippen molar-refractivity contribution < 1.29 is 8.78 Å². The SMILES string of the molecule is Fc1cccnc1[C@H]1CCCN1c1ccn2ncc(-n3cccn3)c2n1.Fc1cccnc1[C@H]1CCCN1c1ccn2ncc(I)c2n1. The number of halogens is 3.